The summed E-state index contributed by atoms with van der Waals surface area (Å²) in [5.41, 5.74) is 0.194. The maximum atomic E-state index is 12.8. The van der Waals surface area contributed by atoms with E-state index in [1.807, 2.05) is 6.07 Å². The average Bonchev–Trinajstić information content (AvgIpc) is 2.99. The highest BCUT2D eigenvalue weighted by molar-refractivity contribution is 5.90. The highest BCUT2D eigenvalue weighted by Crippen LogP contribution is 2.34. The zero-order valence-corrected chi connectivity index (χ0v) is 11.7. The molecule has 2 aromatic rings. The minimum atomic E-state index is -4.45. The quantitative estimate of drug-likeness (QED) is 0.605. The second kappa shape index (κ2) is 5.69. The van der Waals surface area contributed by atoms with Gasteiger partial charge in [0.1, 0.15) is 0 Å². The SMILES string of the molecule is N#C/C(=C/c1ccc2c(c1)OCO2)c1cccc(C(F)(F)F)c1. The van der Waals surface area contributed by atoms with Crippen molar-refractivity contribution in [3.63, 3.8) is 0 Å². The van der Waals surface area contributed by atoms with Gasteiger partial charge >= 0.3 is 6.18 Å². The molecule has 0 spiro atoms. The summed E-state index contributed by atoms with van der Waals surface area (Å²) in [5.74, 6) is 1.14. The predicted molar refractivity (Wildman–Crippen MR) is 77.5 cm³/mol. The largest absolute Gasteiger partial charge is 0.454 e. The fourth-order valence-electron chi connectivity index (χ4n) is 2.21. The number of allylic oxidation sites excluding steroid dienone is 1. The predicted octanol–water partition coefficient (Wildman–Crippen LogP) is 4.50. The van der Waals surface area contributed by atoms with Gasteiger partial charge in [-0.25, -0.2) is 0 Å². The van der Waals surface area contributed by atoms with Gasteiger partial charge in [0.15, 0.2) is 11.5 Å². The topological polar surface area (TPSA) is 42.2 Å². The molecule has 0 bridgehead atoms. The lowest BCUT2D eigenvalue weighted by molar-refractivity contribution is -0.137. The third kappa shape index (κ3) is 3.14. The van der Waals surface area contributed by atoms with Crippen LogP contribution in [0.5, 0.6) is 11.5 Å². The third-order valence-corrected chi connectivity index (χ3v) is 3.33. The first-order valence-corrected chi connectivity index (χ1v) is 6.66. The van der Waals surface area contributed by atoms with E-state index in [4.69, 9.17) is 9.47 Å². The van der Waals surface area contributed by atoms with Crippen LogP contribution in [0.2, 0.25) is 0 Å². The first kappa shape index (κ1) is 15.0. The Kier molecular flexibility index (Phi) is 3.70. The van der Waals surface area contributed by atoms with Crippen molar-refractivity contribution in [1.82, 2.24) is 0 Å². The molecule has 3 rings (SSSR count). The van der Waals surface area contributed by atoms with E-state index < -0.39 is 11.7 Å². The number of rotatable bonds is 2. The summed E-state index contributed by atoms with van der Waals surface area (Å²) < 4.78 is 48.8. The van der Waals surface area contributed by atoms with Crippen LogP contribution in [-0.2, 0) is 6.18 Å². The molecule has 0 amide bonds. The van der Waals surface area contributed by atoms with Crippen molar-refractivity contribution in [2.75, 3.05) is 6.79 Å². The van der Waals surface area contributed by atoms with Gasteiger partial charge in [-0.1, -0.05) is 18.2 Å². The zero-order valence-electron chi connectivity index (χ0n) is 11.7. The van der Waals surface area contributed by atoms with Gasteiger partial charge in [0.05, 0.1) is 17.2 Å². The number of nitrogens with zero attached hydrogens (tertiary/aromatic N) is 1. The third-order valence-electron chi connectivity index (χ3n) is 3.33. The smallest absolute Gasteiger partial charge is 0.416 e. The van der Waals surface area contributed by atoms with E-state index in [0.29, 0.717) is 17.1 Å². The van der Waals surface area contributed by atoms with Gasteiger partial charge in [0.25, 0.3) is 0 Å². The van der Waals surface area contributed by atoms with Crippen molar-refractivity contribution < 1.29 is 22.6 Å². The van der Waals surface area contributed by atoms with E-state index in [2.05, 4.69) is 0 Å². The number of benzene rings is 2. The van der Waals surface area contributed by atoms with Crippen molar-refractivity contribution >= 4 is 11.6 Å². The molecule has 6 heteroatoms. The Morgan fingerprint density at radius 2 is 1.87 bits per heavy atom. The molecule has 0 fully saturated rings. The fraction of sp³-hybridized carbons (Fsp3) is 0.118. The number of nitriles is 1. The number of halogens is 3. The van der Waals surface area contributed by atoms with Gasteiger partial charge in [-0.15, -0.1) is 0 Å². The average molecular weight is 317 g/mol. The zero-order chi connectivity index (χ0) is 16.4. The first-order valence-electron chi connectivity index (χ1n) is 6.66. The molecule has 0 aliphatic carbocycles. The molecule has 0 N–H and O–H groups in total. The Morgan fingerprint density at radius 3 is 2.61 bits per heavy atom. The van der Waals surface area contributed by atoms with Crippen LogP contribution in [-0.4, -0.2) is 6.79 Å². The highest BCUT2D eigenvalue weighted by Gasteiger charge is 2.30. The van der Waals surface area contributed by atoms with E-state index in [1.165, 1.54) is 18.2 Å². The van der Waals surface area contributed by atoms with Crippen molar-refractivity contribution in [3.05, 3.63) is 59.2 Å². The van der Waals surface area contributed by atoms with Gasteiger partial charge in [0.2, 0.25) is 6.79 Å². The Hall–Kier alpha value is -2.94. The summed E-state index contributed by atoms with van der Waals surface area (Å²) in [5, 5.41) is 9.27. The van der Waals surface area contributed by atoms with Gasteiger partial charge in [-0.05, 0) is 41.5 Å². The number of ether oxygens (including phenoxy) is 2. The molecule has 0 unspecified atom stereocenters. The Labute approximate surface area is 130 Å². The van der Waals surface area contributed by atoms with Crippen LogP contribution in [0.25, 0.3) is 11.6 Å². The van der Waals surface area contributed by atoms with Crippen molar-refractivity contribution in [2.24, 2.45) is 0 Å². The molecule has 116 valence electrons. The molecule has 0 saturated carbocycles. The first-order chi connectivity index (χ1) is 11.0. The van der Waals surface area contributed by atoms with Crippen molar-refractivity contribution in [1.29, 1.82) is 5.26 Å². The lowest BCUT2D eigenvalue weighted by atomic mass is 10.0. The summed E-state index contributed by atoms with van der Waals surface area (Å²) in [6, 6.07) is 11.7. The lowest BCUT2D eigenvalue weighted by Gasteiger charge is -2.08. The fourth-order valence-corrected chi connectivity index (χ4v) is 2.21. The maximum Gasteiger partial charge on any atom is 0.416 e. The molecule has 0 saturated heterocycles. The molecular formula is C17H10F3NO2. The van der Waals surface area contributed by atoms with Crippen LogP contribution < -0.4 is 9.47 Å². The molecule has 2 aromatic carbocycles. The normalized spacial score (nSPS) is 13.7. The van der Waals surface area contributed by atoms with E-state index >= 15 is 0 Å². The standard InChI is InChI=1S/C17H10F3NO2/c18-17(19,20)14-3-1-2-12(8-14)13(9-21)6-11-4-5-15-16(7-11)23-10-22-15/h1-8H,10H2/b13-6-. The van der Waals surface area contributed by atoms with Gasteiger partial charge in [-0.3, -0.25) is 0 Å². The molecular weight excluding hydrogens is 307 g/mol. The number of alkyl halides is 3. The van der Waals surface area contributed by atoms with E-state index in [0.717, 1.165) is 12.1 Å². The summed E-state index contributed by atoms with van der Waals surface area (Å²) >= 11 is 0. The lowest BCUT2D eigenvalue weighted by Crippen LogP contribution is -2.04. The summed E-state index contributed by atoms with van der Waals surface area (Å²) in [7, 11) is 0. The van der Waals surface area contributed by atoms with Crippen LogP contribution >= 0.6 is 0 Å². The monoisotopic (exact) mass is 317 g/mol. The molecule has 1 aliphatic rings. The molecule has 0 radical (unpaired) electrons. The minimum Gasteiger partial charge on any atom is -0.454 e. The molecule has 3 nitrogen and oxygen atoms in total. The van der Waals surface area contributed by atoms with E-state index in [9.17, 15) is 18.4 Å². The Bertz CT molecular complexity index is 819. The van der Waals surface area contributed by atoms with Crippen molar-refractivity contribution in [3.8, 4) is 17.6 Å². The minimum absolute atomic E-state index is 0.126. The molecule has 0 atom stereocenters. The number of hydrogen-bond donors (Lipinski definition) is 0. The Morgan fingerprint density at radius 1 is 1.09 bits per heavy atom. The Balaban J connectivity index is 1.98. The van der Waals surface area contributed by atoms with Gasteiger partial charge < -0.3 is 9.47 Å². The summed E-state index contributed by atoms with van der Waals surface area (Å²) in [6.07, 6.45) is -2.94. The van der Waals surface area contributed by atoms with Crippen molar-refractivity contribution in [2.45, 2.75) is 6.18 Å². The van der Waals surface area contributed by atoms with Crippen LogP contribution in [0.1, 0.15) is 16.7 Å². The summed E-state index contributed by atoms with van der Waals surface area (Å²) in [4.78, 5) is 0. The highest BCUT2D eigenvalue weighted by atomic mass is 19.4. The van der Waals surface area contributed by atoms with Crippen LogP contribution in [0.3, 0.4) is 0 Å². The number of fused-ring (bicyclic) bond motifs is 1. The summed E-state index contributed by atoms with van der Waals surface area (Å²) in [6.45, 7) is 0.126. The van der Waals surface area contributed by atoms with E-state index in [1.54, 1.807) is 18.2 Å². The van der Waals surface area contributed by atoms with Gasteiger partial charge in [-0.2, -0.15) is 18.4 Å². The molecule has 1 heterocycles. The molecule has 23 heavy (non-hydrogen) atoms. The van der Waals surface area contributed by atoms with Crippen LogP contribution in [0.4, 0.5) is 13.2 Å². The maximum absolute atomic E-state index is 12.8. The van der Waals surface area contributed by atoms with E-state index in [-0.39, 0.29) is 17.9 Å². The molecule has 0 aromatic heterocycles. The van der Waals surface area contributed by atoms with Crippen LogP contribution in [0, 0.1) is 11.3 Å². The second-order valence-corrected chi connectivity index (χ2v) is 4.86. The molecule has 1 aliphatic heterocycles. The van der Waals surface area contributed by atoms with Gasteiger partial charge in [0, 0.05) is 0 Å². The second-order valence-electron chi connectivity index (χ2n) is 4.86. The number of hydrogen-bond acceptors (Lipinski definition) is 3. The van der Waals surface area contributed by atoms with Crippen LogP contribution in [0.15, 0.2) is 42.5 Å².